The number of hydrogen-bond acceptors (Lipinski definition) is 12. The highest BCUT2D eigenvalue weighted by atomic mass is 16.5. The number of nitrogens with one attached hydrogen (secondary N) is 1. The standard InChI is InChI=1S/C51H83BN2O11/c1-31-24-32(2)26-44(63-7)46-45(64-8)28-34(4)51(61,52-46)48(58)49(59)54-23-15-13-19-39(54)50(60)65-47(33(3)27-36-20-21-40(55)43(29-36)62-6)35(5)41(56)30-42(57)37(25-31)16-12-14-22-53-38-17-10-9-11-18-38/h12,14,25,27,32,34-41,43-47,52-53,55-56,61H,9-11,13,15-24,26,28-30H2,1-8H3/b14-12+,31-25+,33-27+/t32-,34+,35+,36-,37+,39-,40+,41-,43+,44-,45-,46+,47+,51-/m0/s1. The number of piperidine rings is 1. The number of cyclic esters (lactones) is 1. The van der Waals surface area contributed by atoms with Gasteiger partial charge in [0.2, 0.25) is 5.78 Å². The van der Waals surface area contributed by atoms with Gasteiger partial charge in [-0.05, 0) is 120 Å². The number of nitrogens with zero attached hydrogens (tertiary/aromatic N) is 1. The molecule has 366 valence electrons. The van der Waals surface area contributed by atoms with Gasteiger partial charge in [-0.3, -0.25) is 14.4 Å². The van der Waals surface area contributed by atoms with E-state index in [9.17, 15) is 34.5 Å². The molecular weight excluding hydrogens is 827 g/mol. The molecule has 0 aromatic rings. The number of allylic oxidation sites excluding steroid dienone is 4. The van der Waals surface area contributed by atoms with Crippen molar-refractivity contribution in [2.24, 2.45) is 29.6 Å². The maximum absolute atomic E-state index is 14.5. The first kappa shape index (κ1) is 53.2. The largest absolute Gasteiger partial charge is 0.456 e. The first-order valence-electron chi connectivity index (χ1n) is 25.0. The van der Waals surface area contributed by atoms with Crippen molar-refractivity contribution in [1.82, 2.24) is 10.2 Å². The monoisotopic (exact) mass is 911 g/mol. The van der Waals surface area contributed by atoms with Crippen molar-refractivity contribution in [3.63, 3.8) is 0 Å². The Morgan fingerprint density at radius 1 is 0.862 bits per heavy atom. The van der Waals surface area contributed by atoms with Crippen LogP contribution in [-0.2, 0) is 38.1 Å². The number of amides is 1. The third-order valence-corrected chi connectivity index (χ3v) is 15.8. The molecule has 65 heavy (non-hydrogen) atoms. The third-order valence-electron chi connectivity index (χ3n) is 15.8. The molecular formula is C51H83BN2O11. The molecule has 4 N–H and O–H groups in total. The summed E-state index contributed by atoms with van der Waals surface area (Å²) in [6, 6.07) is -0.578. The van der Waals surface area contributed by atoms with Gasteiger partial charge in [-0.1, -0.05) is 69.9 Å². The average molecular weight is 911 g/mol. The van der Waals surface area contributed by atoms with Crippen molar-refractivity contribution >= 4 is 30.7 Å². The second kappa shape index (κ2) is 25.1. The van der Waals surface area contributed by atoms with Crippen molar-refractivity contribution in [1.29, 1.82) is 0 Å². The van der Waals surface area contributed by atoms with Crippen LogP contribution in [-0.4, -0.2) is 140 Å². The van der Waals surface area contributed by atoms with Crippen LogP contribution in [0, 0.1) is 29.6 Å². The first-order chi connectivity index (χ1) is 31.0. The van der Waals surface area contributed by atoms with Gasteiger partial charge in [-0.25, -0.2) is 4.79 Å². The van der Waals surface area contributed by atoms with Crippen molar-refractivity contribution in [2.75, 3.05) is 34.4 Å². The summed E-state index contributed by atoms with van der Waals surface area (Å²) in [7, 11) is 4.79. The zero-order chi connectivity index (χ0) is 47.4. The summed E-state index contributed by atoms with van der Waals surface area (Å²) in [6.07, 6.45) is 15.7. The van der Waals surface area contributed by atoms with Crippen LogP contribution in [0.1, 0.15) is 137 Å². The number of methoxy groups -OCH3 is 3. The van der Waals surface area contributed by atoms with E-state index in [2.05, 4.69) is 24.4 Å². The number of carbonyl (C=O) groups is 4. The molecule has 0 aromatic carbocycles. The molecule has 2 bridgehead atoms. The number of carbonyl (C=O) groups excluding carboxylic acids is 4. The predicted molar refractivity (Wildman–Crippen MR) is 252 cm³/mol. The Labute approximate surface area is 390 Å². The summed E-state index contributed by atoms with van der Waals surface area (Å²) in [6.45, 7) is 10.4. The minimum Gasteiger partial charge on any atom is -0.456 e. The van der Waals surface area contributed by atoms with Crippen LogP contribution < -0.4 is 5.32 Å². The highest BCUT2D eigenvalue weighted by Crippen LogP contribution is 2.42. The third kappa shape index (κ3) is 13.9. The molecule has 3 heterocycles. The van der Waals surface area contributed by atoms with E-state index in [1.54, 1.807) is 35.2 Å². The number of ether oxygens (including phenoxy) is 4. The zero-order valence-electron chi connectivity index (χ0n) is 40.9. The average Bonchev–Trinajstić information content (AvgIpc) is 3.29. The molecule has 0 aromatic heterocycles. The van der Waals surface area contributed by atoms with Crippen molar-refractivity contribution in [3.8, 4) is 0 Å². The summed E-state index contributed by atoms with van der Waals surface area (Å²) in [5.74, 6) is -4.82. The molecule has 0 spiro atoms. The van der Waals surface area contributed by atoms with E-state index in [0.717, 1.165) is 12.1 Å². The van der Waals surface area contributed by atoms with Gasteiger partial charge in [-0.2, -0.15) is 0 Å². The molecule has 2 saturated heterocycles. The summed E-state index contributed by atoms with van der Waals surface area (Å²) >= 11 is 0. The molecule has 2 saturated carbocycles. The van der Waals surface area contributed by atoms with E-state index < -0.39 is 77.2 Å². The fourth-order valence-electron chi connectivity index (χ4n) is 11.7. The normalized spacial score (nSPS) is 39.2. The Bertz CT molecular complexity index is 1680. The van der Waals surface area contributed by atoms with Gasteiger partial charge in [0.1, 0.15) is 23.4 Å². The van der Waals surface area contributed by atoms with Gasteiger partial charge in [-0.15, -0.1) is 0 Å². The maximum atomic E-state index is 14.5. The van der Waals surface area contributed by atoms with Gasteiger partial charge < -0.3 is 44.5 Å². The van der Waals surface area contributed by atoms with Crippen LogP contribution >= 0.6 is 0 Å². The zero-order valence-corrected chi connectivity index (χ0v) is 40.9. The molecule has 5 aliphatic rings. The van der Waals surface area contributed by atoms with Crippen LogP contribution in [0.25, 0.3) is 0 Å². The summed E-state index contributed by atoms with van der Waals surface area (Å²) in [4.78, 5) is 59.1. The number of rotatable bonds is 10. The highest BCUT2D eigenvalue weighted by Gasteiger charge is 2.56. The lowest BCUT2D eigenvalue weighted by Crippen LogP contribution is -2.64. The molecule has 5 rings (SSSR count). The van der Waals surface area contributed by atoms with Crippen LogP contribution in [0.2, 0.25) is 5.82 Å². The van der Waals surface area contributed by atoms with E-state index in [0.29, 0.717) is 69.4 Å². The fraction of sp³-hybridized carbons (Fsp3) is 0.804. The maximum Gasteiger partial charge on any atom is 0.329 e. The number of aliphatic hydroxyl groups is 3. The number of aliphatic hydroxyl groups excluding tert-OH is 2. The lowest BCUT2D eigenvalue weighted by molar-refractivity contribution is -0.167. The molecule has 1 amide bonds. The Hall–Kier alpha value is -2.72. The SMILES string of the molecule is CO[C@H]1C[C@@H](C)C/C(C)=C/[C@@H](C/C=C/CNC2CCCCC2)C(=O)C[C@H](O)[C@@H](C)[C@@H](/C(C)=C/[C@@H]2CC[C@@H](O)[C@H](OC)C2)OC(=O)[C@@H]2CCCCN2C(=O)C(=O)[C@]2(O)B[C@H]1[C@@H](OC)C[C@H]2C. The minimum absolute atomic E-state index is 0.000265. The Morgan fingerprint density at radius 2 is 1.54 bits per heavy atom. The molecule has 4 fully saturated rings. The molecule has 13 nitrogen and oxygen atoms in total. The predicted octanol–water partition coefficient (Wildman–Crippen LogP) is 5.77. The second-order valence-electron chi connectivity index (χ2n) is 20.7. The number of fused-ring (bicyclic) bond motifs is 3. The summed E-state index contributed by atoms with van der Waals surface area (Å²) < 4.78 is 24.1. The van der Waals surface area contributed by atoms with Crippen molar-refractivity contribution in [2.45, 2.75) is 197 Å². The number of ketones is 2. The molecule has 14 atom stereocenters. The molecule has 3 aliphatic heterocycles. The van der Waals surface area contributed by atoms with Crippen molar-refractivity contribution < 1.29 is 53.4 Å². The molecule has 0 radical (unpaired) electrons. The van der Waals surface area contributed by atoms with Crippen molar-refractivity contribution in [3.05, 3.63) is 35.5 Å². The van der Waals surface area contributed by atoms with E-state index in [1.165, 1.54) is 37.0 Å². The topological polar surface area (TPSA) is 181 Å². The summed E-state index contributed by atoms with van der Waals surface area (Å²) in [5.41, 5.74) is -0.304. The Morgan fingerprint density at radius 3 is 2.23 bits per heavy atom. The quantitative estimate of drug-likeness (QED) is 0.0901. The molecule has 14 heteroatoms. The van der Waals surface area contributed by atoms with Gasteiger partial charge in [0, 0.05) is 58.7 Å². The van der Waals surface area contributed by atoms with Gasteiger partial charge in [0.15, 0.2) is 7.28 Å². The number of esters is 1. The number of Topliss-reactive ketones (excluding diaryl/α,β-unsaturated/α-hetero) is 2. The Kier molecular flexibility index (Phi) is 20.5. The molecule has 0 unspecified atom stereocenters. The minimum atomic E-state index is -2.02. The highest BCUT2D eigenvalue weighted by molar-refractivity contribution is 6.58. The van der Waals surface area contributed by atoms with Gasteiger partial charge in [0.05, 0.1) is 30.5 Å². The van der Waals surface area contributed by atoms with E-state index in [1.807, 2.05) is 26.0 Å². The van der Waals surface area contributed by atoms with E-state index >= 15 is 0 Å². The summed E-state index contributed by atoms with van der Waals surface area (Å²) in [5, 5.41) is 38.5. The van der Waals surface area contributed by atoms with Crippen LogP contribution in [0.15, 0.2) is 35.5 Å². The lowest BCUT2D eigenvalue weighted by atomic mass is 9.39. The van der Waals surface area contributed by atoms with Crippen LogP contribution in [0.4, 0.5) is 0 Å². The van der Waals surface area contributed by atoms with E-state index in [4.69, 9.17) is 18.9 Å². The van der Waals surface area contributed by atoms with Gasteiger partial charge in [0.25, 0.3) is 5.91 Å². The smallest absolute Gasteiger partial charge is 0.329 e. The second-order valence-corrected chi connectivity index (χ2v) is 20.7. The lowest BCUT2D eigenvalue weighted by Gasteiger charge is -2.46. The fourth-order valence-corrected chi connectivity index (χ4v) is 11.7. The molecule has 2 aliphatic carbocycles. The first-order valence-corrected chi connectivity index (χ1v) is 25.0. The van der Waals surface area contributed by atoms with Gasteiger partial charge >= 0.3 is 5.97 Å². The van der Waals surface area contributed by atoms with Crippen LogP contribution in [0.3, 0.4) is 0 Å². The van der Waals surface area contributed by atoms with Crippen LogP contribution in [0.5, 0.6) is 0 Å². The number of hydrogen-bond donors (Lipinski definition) is 4. The Balaban J connectivity index is 1.51. The van der Waals surface area contributed by atoms with E-state index in [-0.39, 0.29) is 56.5 Å².